The Morgan fingerprint density at radius 3 is 1.28 bits per heavy atom. The zero-order chi connectivity index (χ0) is 57.5. The van der Waals surface area contributed by atoms with Gasteiger partial charge in [0, 0.05) is 100 Å². The molecule has 28 nitrogen and oxygen atoms in total. The van der Waals surface area contributed by atoms with Gasteiger partial charge in [0.15, 0.2) is 40.6 Å². The van der Waals surface area contributed by atoms with Crippen molar-refractivity contribution < 1.29 is 56.0 Å². The lowest BCUT2D eigenvalue weighted by Crippen LogP contribution is -2.19. The van der Waals surface area contributed by atoms with Crippen LogP contribution in [0.4, 0.5) is 40.7 Å². The van der Waals surface area contributed by atoms with Gasteiger partial charge in [-0.05, 0) is 87.8 Å². The third kappa shape index (κ3) is 14.0. The van der Waals surface area contributed by atoms with Crippen LogP contribution in [0.15, 0.2) is 85.4 Å². The van der Waals surface area contributed by atoms with Gasteiger partial charge in [-0.2, -0.15) is 15.3 Å². The minimum absolute atomic E-state index is 0. The molecule has 0 radical (unpaired) electrons. The molecule has 1 aliphatic heterocycles. The highest BCUT2D eigenvalue weighted by molar-refractivity contribution is 7.92. The first-order valence-corrected chi connectivity index (χ1v) is 32.4. The quantitative estimate of drug-likeness (QED) is 0.0381. The maximum Gasteiger partial charge on any atom is 0.354 e. The Kier molecular flexibility index (Phi) is 15.7. The van der Waals surface area contributed by atoms with Gasteiger partial charge >= 0.3 is 5.97 Å². The minimum Gasteiger partial charge on any atom is -0.477 e. The Labute approximate surface area is 496 Å². The molecule has 3 saturated carbocycles. The summed E-state index contributed by atoms with van der Waals surface area (Å²) < 4.78 is 69.2. The largest absolute Gasteiger partial charge is 0.477 e. The SMILES string of the molecule is NS(=O)(=O)c1ccc(-c2nc(CO)cc(Nc3cc(C4CC4)[nH]n3)n2)s1.NS(=O)(=O)c1ccc(-c2nc(Nc3cc(C4CC4)[nH]n3)cc(C(=O)O)n2)s1.NS(=O)(=O)c1ccc(-c2nc(Nc3cc(C4CC4)[nH]n3)cc(N3CCCC3)n2)s1.[HH].[HH].[HH].[HH].[HH].[HH].[HH].[HH].[HH].[HH].[HH]. The van der Waals surface area contributed by atoms with Crippen molar-refractivity contribution in [3.05, 3.63) is 101 Å². The Balaban J connectivity index is 0.00000129. The highest BCUT2D eigenvalue weighted by Crippen LogP contribution is 2.42. The third-order valence-corrected chi connectivity index (χ3v) is 20.4. The molecule has 4 fully saturated rings. The number of aromatic nitrogens is 12. The molecule has 82 heavy (non-hydrogen) atoms. The molecule has 450 valence electrons. The fraction of sp³-hybridized carbons (Fsp3) is 0.292. The second-order valence-electron chi connectivity index (χ2n) is 19.4. The Hall–Kier alpha value is -7.67. The van der Waals surface area contributed by atoms with E-state index >= 15 is 0 Å². The first-order chi connectivity index (χ1) is 39.2. The van der Waals surface area contributed by atoms with Crippen molar-refractivity contribution in [1.29, 1.82) is 0 Å². The number of carboxylic acid groups (broad SMARTS) is 1. The van der Waals surface area contributed by atoms with Crippen LogP contribution in [0.5, 0.6) is 0 Å². The van der Waals surface area contributed by atoms with E-state index in [1.54, 1.807) is 18.2 Å². The van der Waals surface area contributed by atoms with Crippen LogP contribution in [0.2, 0.25) is 0 Å². The number of sulfonamides is 3. The van der Waals surface area contributed by atoms with Crippen molar-refractivity contribution in [2.75, 3.05) is 33.9 Å². The Morgan fingerprint density at radius 1 is 0.537 bits per heavy atom. The fourth-order valence-corrected chi connectivity index (χ4v) is 13.4. The summed E-state index contributed by atoms with van der Waals surface area (Å²) >= 11 is 2.91. The molecule has 3 aliphatic carbocycles. The number of hydrogen-bond acceptors (Lipinski definition) is 24. The first kappa shape index (κ1) is 56.2. The lowest BCUT2D eigenvalue weighted by Gasteiger charge is -2.18. The van der Waals surface area contributed by atoms with Crippen LogP contribution in [0.1, 0.15) is 118 Å². The van der Waals surface area contributed by atoms with E-state index in [1.807, 2.05) is 24.3 Å². The zero-order valence-corrected chi connectivity index (χ0v) is 47.7. The number of aliphatic hydroxyl groups is 1. The molecule has 13 rings (SSSR count). The number of H-pyrrole nitrogens is 3. The standard InChI is InChI=1S/C18H21N7O2S2.C15H14N6O4S2.C15H16N6O3S2.11H2/c19-29(26,27)17-6-5-13(28-17)18-21-14(10-16(22-18)25-7-1-2-8-25)20-15-9-12(23-24-15)11-3-4-11;16-27(24,25)13-4-3-10(26-13)14-17-9(15(22)23)6-11(19-14)18-12-5-8(20-21-12)7-1-2-7;16-26(23,24)14-4-3-11(25-14)15-17-9(7-22)5-12(19-15)18-13-6-10(20-21-13)8-1-2-8;;;;;;;;;;;/h5-6,9-11H,1-4,7-8H2,(H2,19,26,27)(H2,20,21,22,23,24);3-7H,1-2H2,(H,22,23)(H2,16,24,25)(H2,17,18,19,20,21);3-6,8,22H,1-2,7H2,(H2,16,23,24)(H2,17,18,19,20,21);11*1H. The molecule has 14 N–H and O–H groups in total. The van der Waals surface area contributed by atoms with Crippen molar-refractivity contribution in [2.24, 2.45) is 15.4 Å². The highest BCUT2D eigenvalue weighted by Gasteiger charge is 2.28. The number of nitrogens with zero attached hydrogens (tertiary/aromatic N) is 10. The second kappa shape index (κ2) is 22.9. The van der Waals surface area contributed by atoms with E-state index in [2.05, 4.69) is 81.3 Å². The molecule has 1 saturated heterocycles. The summed E-state index contributed by atoms with van der Waals surface area (Å²) in [6, 6.07) is 19.6. The van der Waals surface area contributed by atoms with Gasteiger partial charge in [-0.3, -0.25) is 15.3 Å². The average Bonchev–Trinajstić information content (AvgIpc) is 1.80. The number of nitrogens with one attached hydrogen (secondary N) is 6. The summed E-state index contributed by atoms with van der Waals surface area (Å²) in [6.45, 7) is 1.61. The van der Waals surface area contributed by atoms with Crippen molar-refractivity contribution in [3.8, 4) is 32.1 Å². The number of aromatic amines is 3. The number of nitrogens with two attached hydrogens (primary N) is 3. The van der Waals surface area contributed by atoms with Crippen molar-refractivity contribution >= 4 is 111 Å². The van der Waals surface area contributed by atoms with Crippen molar-refractivity contribution in [1.82, 2.24) is 60.5 Å². The minimum atomic E-state index is -3.86. The molecule has 0 aromatic carbocycles. The van der Waals surface area contributed by atoms with Crippen LogP contribution in [-0.2, 0) is 36.7 Å². The average molecular weight is 1250 g/mol. The van der Waals surface area contributed by atoms with Crippen LogP contribution >= 0.6 is 34.0 Å². The lowest BCUT2D eigenvalue weighted by atomic mass is 10.3. The van der Waals surface area contributed by atoms with E-state index in [9.17, 15) is 40.3 Å². The number of carboxylic acids is 1. The van der Waals surface area contributed by atoms with Crippen LogP contribution in [0, 0.1) is 0 Å². The number of thiophene rings is 3. The van der Waals surface area contributed by atoms with Crippen LogP contribution in [0.25, 0.3) is 32.1 Å². The maximum atomic E-state index is 11.6. The number of hydrogen-bond donors (Lipinski definition) is 11. The second-order valence-corrected chi connectivity index (χ2v) is 28.1. The van der Waals surface area contributed by atoms with E-state index in [4.69, 9.17) is 15.4 Å². The number of anilines is 7. The smallest absolute Gasteiger partial charge is 0.354 e. The van der Waals surface area contributed by atoms with E-state index < -0.39 is 36.0 Å². The molecular formula is C48H73N19O9S6. The Bertz CT molecular complexity index is 4220. The van der Waals surface area contributed by atoms with Gasteiger partial charge in [0.2, 0.25) is 30.1 Å². The molecule has 34 heteroatoms. The van der Waals surface area contributed by atoms with E-state index in [-0.39, 0.29) is 52.3 Å². The number of carbonyl (C=O) groups is 1. The highest BCUT2D eigenvalue weighted by atomic mass is 32.3. The summed E-state index contributed by atoms with van der Waals surface area (Å²) in [5, 5.41) is 65.3. The van der Waals surface area contributed by atoms with Gasteiger partial charge in [0.25, 0.3) is 0 Å². The summed E-state index contributed by atoms with van der Waals surface area (Å²) in [7, 11) is -11.4. The van der Waals surface area contributed by atoms with E-state index in [0.29, 0.717) is 78.8 Å². The third-order valence-electron chi connectivity index (χ3n) is 12.9. The lowest BCUT2D eigenvalue weighted by molar-refractivity contribution is 0.0690. The molecule has 0 amide bonds. The number of rotatable bonds is 18. The molecule has 0 atom stereocenters. The van der Waals surface area contributed by atoms with Gasteiger partial charge in [-0.25, -0.2) is 75.4 Å². The zero-order valence-electron chi connectivity index (χ0n) is 42.8. The van der Waals surface area contributed by atoms with E-state index in [0.717, 1.165) is 95.7 Å². The Morgan fingerprint density at radius 2 is 0.915 bits per heavy atom. The summed E-state index contributed by atoms with van der Waals surface area (Å²) in [4.78, 5) is 41.4. The van der Waals surface area contributed by atoms with Crippen molar-refractivity contribution in [3.63, 3.8) is 0 Å². The topological polar surface area (TPSA) is 441 Å². The van der Waals surface area contributed by atoms with Gasteiger partial charge in [0.05, 0.1) is 26.9 Å². The molecule has 0 spiro atoms. The van der Waals surface area contributed by atoms with Crippen LogP contribution in [-0.4, -0.2) is 115 Å². The molecule has 9 aromatic heterocycles. The molecule has 10 heterocycles. The summed E-state index contributed by atoms with van der Waals surface area (Å²) in [5.41, 5.74) is 3.41. The number of aromatic carboxylic acids is 1. The number of aliphatic hydroxyl groups excluding tert-OH is 1. The fourth-order valence-electron chi connectivity index (χ4n) is 8.39. The van der Waals surface area contributed by atoms with Gasteiger partial charge in [-0.15, -0.1) is 34.0 Å². The van der Waals surface area contributed by atoms with Crippen molar-refractivity contribution in [2.45, 2.75) is 88.4 Å². The maximum absolute atomic E-state index is 11.6. The summed E-state index contributed by atoms with van der Waals surface area (Å²) in [5.74, 6) is 5.21. The molecule has 4 aliphatic rings. The van der Waals surface area contributed by atoms with Gasteiger partial charge in [-0.1, -0.05) is 0 Å². The predicted octanol–water partition coefficient (Wildman–Crippen LogP) is 9.09. The van der Waals surface area contributed by atoms with Crippen LogP contribution in [0.3, 0.4) is 0 Å². The molecular weight excluding hydrogens is 1180 g/mol. The normalized spacial score (nSPS) is 15.3. The predicted molar refractivity (Wildman–Crippen MR) is 329 cm³/mol. The first-order valence-electron chi connectivity index (χ1n) is 25.3. The van der Waals surface area contributed by atoms with Gasteiger partial charge in [0.1, 0.15) is 35.9 Å². The summed E-state index contributed by atoms with van der Waals surface area (Å²) in [6.07, 6.45) is 9.21. The van der Waals surface area contributed by atoms with Gasteiger partial charge < -0.3 is 31.1 Å². The van der Waals surface area contributed by atoms with E-state index in [1.165, 1.54) is 56.0 Å². The molecule has 9 aromatic rings. The molecule has 0 bridgehead atoms. The monoisotopic (exact) mass is 1250 g/mol. The number of primary sulfonamides is 3. The molecule has 0 unspecified atom stereocenters. The van der Waals surface area contributed by atoms with Crippen LogP contribution < -0.4 is 36.3 Å².